The van der Waals surface area contributed by atoms with Gasteiger partial charge in [-0.3, -0.25) is 4.40 Å². The number of pyridine rings is 1. The van der Waals surface area contributed by atoms with Crippen LogP contribution in [0.3, 0.4) is 0 Å². The molecule has 0 N–H and O–H groups in total. The molecule has 0 spiro atoms. The molecule has 4 nitrogen and oxygen atoms in total. The molecule has 0 radical (unpaired) electrons. The molecule has 196 valence electrons. The second-order valence-corrected chi connectivity index (χ2v) is 10.7. The monoisotopic (exact) mass is 536 g/mol. The van der Waals surface area contributed by atoms with Crippen LogP contribution in [-0.4, -0.2) is 19.2 Å². The van der Waals surface area contributed by atoms with Crippen molar-refractivity contribution in [1.82, 2.24) is 19.2 Å². The number of rotatable bonds is 3. The molecule has 3 heterocycles. The summed E-state index contributed by atoms with van der Waals surface area (Å²) < 4.78 is 4.55. The quantitative estimate of drug-likeness (QED) is 0.211. The van der Waals surface area contributed by atoms with E-state index < -0.39 is 0 Å². The Kier molecular flexibility index (Phi) is 4.87. The van der Waals surface area contributed by atoms with Crippen molar-refractivity contribution in [3.63, 3.8) is 0 Å². The molecule has 3 aromatic heterocycles. The lowest BCUT2D eigenvalue weighted by Crippen LogP contribution is -1.96. The number of hydrogen-bond acceptors (Lipinski definition) is 2. The highest BCUT2D eigenvalue weighted by atomic mass is 15.2. The minimum absolute atomic E-state index is 0.835. The van der Waals surface area contributed by atoms with Crippen LogP contribution in [0.25, 0.3) is 77.3 Å². The summed E-state index contributed by atoms with van der Waals surface area (Å²) in [5.74, 6) is 0.835. The highest BCUT2D eigenvalue weighted by molar-refractivity contribution is 6.13. The van der Waals surface area contributed by atoms with E-state index in [0.717, 1.165) is 33.6 Å². The smallest absolute Gasteiger partial charge is 0.169 e. The molecule has 4 heteroatoms. The van der Waals surface area contributed by atoms with Gasteiger partial charge in [-0.2, -0.15) is 0 Å². The van der Waals surface area contributed by atoms with Gasteiger partial charge in [-0.15, -0.1) is 10.2 Å². The van der Waals surface area contributed by atoms with Gasteiger partial charge in [0.25, 0.3) is 0 Å². The Hall–Kier alpha value is -5.74. The number of fused-ring (bicyclic) bond motifs is 9. The Labute approximate surface area is 241 Å². The lowest BCUT2D eigenvalue weighted by molar-refractivity contribution is 1.11. The van der Waals surface area contributed by atoms with E-state index in [9.17, 15) is 0 Å². The minimum Gasteiger partial charge on any atom is -0.309 e. The predicted molar refractivity (Wildman–Crippen MR) is 173 cm³/mol. The van der Waals surface area contributed by atoms with Gasteiger partial charge in [-0.1, -0.05) is 97.1 Å². The first-order valence-electron chi connectivity index (χ1n) is 14.2. The molecule has 0 aliphatic carbocycles. The Morgan fingerprint density at radius 3 is 1.64 bits per heavy atom. The Balaban J connectivity index is 1.25. The van der Waals surface area contributed by atoms with Gasteiger partial charge >= 0.3 is 0 Å². The van der Waals surface area contributed by atoms with Gasteiger partial charge in [-0.25, -0.2) is 0 Å². The SMILES string of the molecule is c1ccc(-c2ccc3c4ccccc4n4c(-c5ccc(-n6c7ccccc7c7ccccc76)cc5)nnc4c3c2)cc1. The largest absolute Gasteiger partial charge is 0.309 e. The van der Waals surface area contributed by atoms with Gasteiger partial charge in [0, 0.05) is 32.8 Å². The van der Waals surface area contributed by atoms with Crippen LogP contribution in [0.5, 0.6) is 0 Å². The Morgan fingerprint density at radius 1 is 0.381 bits per heavy atom. The fourth-order valence-electron chi connectivity index (χ4n) is 6.50. The normalized spacial score (nSPS) is 11.8. The summed E-state index contributed by atoms with van der Waals surface area (Å²) in [6.07, 6.45) is 0. The van der Waals surface area contributed by atoms with Crippen LogP contribution < -0.4 is 0 Å². The second-order valence-electron chi connectivity index (χ2n) is 10.7. The van der Waals surface area contributed by atoms with Crippen molar-refractivity contribution in [2.45, 2.75) is 0 Å². The molecule has 0 bridgehead atoms. The predicted octanol–water partition coefficient (Wildman–Crippen LogP) is 9.47. The van der Waals surface area contributed by atoms with Crippen molar-refractivity contribution in [2.24, 2.45) is 0 Å². The van der Waals surface area contributed by atoms with Crippen molar-refractivity contribution >= 4 is 49.1 Å². The number of aromatic nitrogens is 4. The van der Waals surface area contributed by atoms with Gasteiger partial charge in [0.05, 0.1) is 16.6 Å². The fraction of sp³-hybridized carbons (Fsp3) is 0. The van der Waals surface area contributed by atoms with E-state index in [2.05, 4.69) is 148 Å². The summed E-state index contributed by atoms with van der Waals surface area (Å²) in [6.45, 7) is 0. The molecule has 0 fully saturated rings. The summed E-state index contributed by atoms with van der Waals surface area (Å²) in [6, 6.07) is 51.6. The number of hydrogen-bond donors (Lipinski definition) is 0. The average Bonchev–Trinajstić information content (AvgIpc) is 3.66. The highest BCUT2D eigenvalue weighted by Gasteiger charge is 2.17. The van der Waals surface area contributed by atoms with Crippen molar-refractivity contribution in [1.29, 1.82) is 0 Å². The third-order valence-electron chi connectivity index (χ3n) is 8.43. The molecule has 0 atom stereocenters. The van der Waals surface area contributed by atoms with Crippen LogP contribution in [0.4, 0.5) is 0 Å². The van der Waals surface area contributed by atoms with E-state index in [1.54, 1.807) is 0 Å². The van der Waals surface area contributed by atoms with Crippen molar-refractivity contribution in [3.8, 4) is 28.2 Å². The molecule has 0 saturated carbocycles. The van der Waals surface area contributed by atoms with E-state index >= 15 is 0 Å². The molecule has 0 aliphatic heterocycles. The summed E-state index contributed by atoms with van der Waals surface area (Å²) in [7, 11) is 0. The Bertz CT molecular complexity index is 2400. The van der Waals surface area contributed by atoms with Gasteiger partial charge < -0.3 is 4.57 Å². The van der Waals surface area contributed by atoms with Crippen LogP contribution in [0.2, 0.25) is 0 Å². The van der Waals surface area contributed by atoms with Crippen LogP contribution in [0, 0.1) is 0 Å². The van der Waals surface area contributed by atoms with E-state index in [1.165, 1.54) is 43.7 Å². The third kappa shape index (κ3) is 3.29. The van der Waals surface area contributed by atoms with Crippen LogP contribution >= 0.6 is 0 Å². The van der Waals surface area contributed by atoms with Gasteiger partial charge in [0.2, 0.25) is 0 Å². The molecule has 0 amide bonds. The summed E-state index contributed by atoms with van der Waals surface area (Å²) >= 11 is 0. The minimum atomic E-state index is 0.835. The topological polar surface area (TPSA) is 35.1 Å². The summed E-state index contributed by atoms with van der Waals surface area (Å²) in [5, 5.41) is 15.5. The van der Waals surface area contributed by atoms with Crippen molar-refractivity contribution < 1.29 is 0 Å². The average molecular weight is 537 g/mol. The molecular weight excluding hydrogens is 512 g/mol. The lowest BCUT2D eigenvalue weighted by atomic mass is 9.99. The number of nitrogens with zero attached hydrogens (tertiary/aromatic N) is 4. The molecular formula is C38H24N4. The van der Waals surface area contributed by atoms with Crippen molar-refractivity contribution in [3.05, 3.63) is 146 Å². The summed E-state index contributed by atoms with van der Waals surface area (Å²) in [4.78, 5) is 0. The molecule has 6 aromatic carbocycles. The molecule has 9 aromatic rings. The fourth-order valence-corrected chi connectivity index (χ4v) is 6.50. The highest BCUT2D eigenvalue weighted by Crippen LogP contribution is 2.36. The van der Waals surface area contributed by atoms with Crippen LogP contribution in [0.15, 0.2) is 146 Å². The first-order chi connectivity index (χ1) is 20.8. The van der Waals surface area contributed by atoms with Crippen molar-refractivity contribution in [2.75, 3.05) is 0 Å². The van der Waals surface area contributed by atoms with Gasteiger partial charge in [0.15, 0.2) is 11.5 Å². The number of benzene rings is 6. The zero-order valence-corrected chi connectivity index (χ0v) is 22.6. The molecule has 42 heavy (non-hydrogen) atoms. The zero-order chi connectivity index (χ0) is 27.6. The van der Waals surface area contributed by atoms with E-state index in [0.29, 0.717) is 0 Å². The van der Waals surface area contributed by atoms with E-state index in [-0.39, 0.29) is 0 Å². The molecule has 0 saturated heterocycles. The van der Waals surface area contributed by atoms with Gasteiger partial charge in [-0.05, 0) is 65.0 Å². The third-order valence-corrected chi connectivity index (χ3v) is 8.43. The maximum atomic E-state index is 4.77. The molecule has 9 rings (SSSR count). The van der Waals surface area contributed by atoms with E-state index in [1.807, 2.05) is 6.07 Å². The molecule has 0 unspecified atom stereocenters. The van der Waals surface area contributed by atoms with E-state index in [4.69, 9.17) is 10.2 Å². The first kappa shape index (κ1) is 23.0. The Morgan fingerprint density at radius 2 is 0.952 bits per heavy atom. The van der Waals surface area contributed by atoms with Gasteiger partial charge in [0.1, 0.15) is 0 Å². The van der Waals surface area contributed by atoms with Crippen LogP contribution in [0.1, 0.15) is 0 Å². The van der Waals surface area contributed by atoms with Crippen LogP contribution in [-0.2, 0) is 0 Å². The summed E-state index contributed by atoms with van der Waals surface area (Å²) in [5.41, 5.74) is 8.86. The maximum Gasteiger partial charge on any atom is 0.169 e. The second kappa shape index (κ2) is 8.88. The zero-order valence-electron chi connectivity index (χ0n) is 22.6. The first-order valence-corrected chi connectivity index (χ1v) is 14.2. The number of para-hydroxylation sites is 3. The standard InChI is InChI=1S/C38H24N4/c1-2-10-25(11-3-1)27-20-23-29-30-12-4-9-17-36(30)42-37(39-40-38(42)33(29)24-27)26-18-21-28(22-19-26)41-34-15-7-5-13-31(34)32-14-6-8-16-35(32)41/h1-24H. The lowest BCUT2D eigenvalue weighted by Gasteiger charge is -2.12. The maximum absolute atomic E-state index is 4.77. The molecule has 0 aliphatic rings.